The van der Waals surface area contributed by atoms with Gasteiger partial charge in [0.05, 0.1) is 19.5 Å². The van der Waals surface area contributed by atoms with Crippen LogP contribution in [-0.4, -0.2) is 90.1 Å². The number of hydrogen-bond donors (Lipinski definition) is 1. The number of halogens is 1. The van der Waals surface area contributed by atoms with Gasteiger partial charge in [0.2, 0.25) is 0 Å². The van der Waals surface area contributed by atoms with Crippen LogP contribution < -0.4 is 15.7 Å². The van der Waals surface area contributed by atoms with Crippen LogP contribution in [0.25, 0.3) is 11.2 Å². The molecule has 14 nitrogen and oxygen atoms in total. The number of anilines is 1. The Morgan fingerprint density at radius 3 is 2.09 bits per heavy atom. The summed E-state index contributed by atoms with van der Waals surface area (Å²) < 4.78 is 53.7. The third kappa shape index (κ3) is 14.6. The van der Waals surface area contributed by atoms with Crippen LogP contribution in [0.3, 0.4) is 0 Å². The van der Waals surface area contributed by atoms with Crippen LogP contribution in [0, 0.1) is 18.4 Å². The lowest BCUT2D eigenvalue weighted by Crippen LogP contribution is -2.68. The van der Waals surface area contributed by atoms with Gasteiger partial charge in [-0.1, -0.05) is 172 Å². The zero-order valence-corrected chi connectivity index (χ0v) is 41.9. The molecule has 1 saturated heterocycles. The number of nitrogens with one attached hydrogen (secondary N) is 1. The van der Waals surface area contributed by atoms with Gasteiger partial charge in [0.1, 0.15) is 18.9 Å². The first-order chi connectivity index (χ1) is 32.8. The highest BCUT2D eigenvalue weighted by Gasteiger charge is 2.56. The van der Waals surface area contributed by atoms with Gasteiger partial charge >= 0.3 is 24.1 Å². The summed E-state index contributed by atoms with van der Waals surface area (Å²) >= 11 is 0. The molecular formula is C52H72FN5O9Si. The monoisotopic (exact) mass is 958 g/mol. The van der Waals surface area contributed by atoms with Crippen LogP contribution in [0.1, 0.15) is 144 Å². The molecule has 0 aliphatic carbocycles. The molecule has 370 valence electrons. The lowest BCUT2D eigenvalue weighted by molar-refractivity contribution is -0.155. The zero-order valence-electron chi connectivity index (χ0n) is 40.9. The van der Waals surface area contributed by atoms with E-state index in [9.17, 15) is 14.4 Å². The Morgan fingerprint density at radius 1 is 0.897 bits per heavy atom. The van der Waals surface area contributed by atoms with Crippen LogP contribution in [0.2, 0.25) is 5.04 Å². The summed E-state index contributed by atoms with van der Waals surface area (Å²) in [5.41, 5.74) is -1.60. The summed E-state index contributed by atoms with van der Waals surface area (Å²) in [5.74, 6) is 1.54. The molecule has 0 radical (unpaired) electrons. The number of benzene rings is 2. The minimum atomic E-state index is -3.16. The molecule has 1 amide bonds. The van der Waals surface area contributed by atoms with E-state index in [0.717, 1.165) is 55.3 Å². The standard InChI is InChI=1S/C52H72FN5O9Si/c1-8-11-13-15-17-19-27-33-62-35-40(36-63-45(60)32-26-18-16-14-12-9-2)66-50(61)56-47-46-48(57-49(53)55-47)58(38-54-46)44-34-43(65-39(4)59)52(10-3,67-44)37-64-68(51(5,6)7,41-28-22-20-23-29-41)42-30-24-21-25-31-42/h3,20-25,28-31,38,40,43-44H,8-9,11-19,26-27,32-37H2,1-2,4-7H3,(H,55,56,57,61)/t40?,43-,44+,52+/m0/s1. The number of rotatable bonds is 28. The van der Waals surface area contributed by atoms with Gasteiger partial charge in [-0.05, 0) is 28.3 Å². The number of amides is 1. The molecule has 16 heteroatoms. The number of ether oxygens (including phenoxy) is 5. The number of carbonyl (C=O) groups is 3. The summed E-state index contributed by atoms with van der Waals surface area (Å²) in [6.07, 6.45) is 16.8. The van der Waals surface area contributed by atoms with Gasteiger partial charge in [0.25, 0.3) is 8.32 Å². The predicted octanol–water partition coefficient (Wildman–Crippen LogP) is 9.74. The number of unbranched alkanes of at least 4 members (excludes halogenated alkanes) is 11. The molecular weight excluding hydrogens is 886 g/mol. The molecule has 68 heavy (non-hydrogen) atoms. The van der Waals surface area contributed by atoms with E-state index in [1.807, 2.05) is 36.4 Å². The van der Waals surface area contributed by atoms with Crippen molar-refractivity contribution in [2.24, 2.45) is 0 Å². The number of terminal acetylenes is 1. The largest absolute Gasteiger partial charge is 0.462 e. The maximum absolute atomic E-state index is 15.4. The van der Waals surface area contributed by atoms with E-state index in [1.165, 1.54) is 49.9 Å². The quantitative estimate of drug-likeness (QED) is 0.0144. The minimum Gasteiger partial charge on any atom is -0.462 e. The van der Waals surface area contributed by atoms with Crippen molar-refractivity contribution in [2.75, 3.05) is 31.7 Å². The second-order valence-electron chi connectivity index (χ2n) is 18.6. The van der Waals surface area contributed by atoms with Gasteiger partial charge in [-0.25, -0.2) is 9.78 Å². The predicted molar refractivity (Wildman–Crippen MR) is 262 cm³/mol. The van der Waals surface area contributed by atoms with Gasteiger partial charge in [-0.15, -0.1) is 6.42 Å². The van der Waals surface area contributed by atoms with Crippen LogP contribution in [0.5, 0.6) is 0 Å². The number of hydrogen-bond acceptors (Lipinski definition) is 12. The Morgan fingerprint density at radius 2 is 1.50 bits per heavy atom. The fourth-order valence-corrected chi connectivity index (χ4v) is 13.4. The molecule has 1 N–H and O–H groups in total. The third-order valence-electron chi connectivity index (χ3n) is 12.3. The molecule has 1 unspecified atom stereocenters. The first kappa shape index (κ1) is 53.7. The molecule has 2 aromatic carbocycles. The molecule has 1 aliphatic rings. The second-order valence-corrected chi connectivity index (χ2v) is 22.9. The van der Waals surface area contributed by atoms with Gasteiger partial charge in [-0.3, -0.25) is 19.5 Å². The van der Waals surface area contributed by atoms with E-state index in [2.05, 4.69) is 85.1 Å². The third-order valence-corrected chi connectivity index (χ3v) is 17.3. The number of nitrogens with zero attached hydrogens (tertiary/aromatic N) is 4. The summed E-state index contributed by atoms with van der Waals surface area (Å²) in [7, 11) is -3.16. The molecule has 0 bridgehead atoms. The molecule has 1 aliphatic heterocycles. The van der Waals surface area contributed by atoms with Crippen LogP contribution in [-0.2, 0) is 37.7 Å². The average Bonchev–Trinajstić information content (AvgIpc) is 3.90. The summed E-state index contributed by atoms with van der Waals surface area (Å²) in [6, 6.07) is 20.0. The van der Waals surface area contributed by atoms with E-state index in [4.69, 9.17) is 34.5 Å². The topological polar surface area (TPSA) is 162 Å². The number of imidazole rings is 1. The lowest BCUT2D eigenvalue weighted by atomic mass is 9.98. The molecule has 4 atom stereocenters. The van der Waals surface area contributed by atoms with Crippen molar-refractivity contribution >= 4 is 53.7 Å². The molecule has 1 fully saturated rings. The maximum Gasteiger partial charge on any atom is 0.413 e. The van der Waals surface area contributed by atoms with Crippen molar-refractivity contribution in [1.82, 2.24) is 19.5 Å². The van der Waals surface area contributed by atoms with Crippen LogP contribution in [0.15, 0.2) is 67.0 Å². The van der Waals surface area contributed by atoms with E-state index < -0.39 is 55.5 Å². The lowest BCUT2D eigenvalue weighted by Gasteiger charge is -2.44. The minimum absolute atomic E-state index is 0.0189. The number of esters is 2. The summed E-state index contributed by atoms with van der Waals surface area (Å²) in [4.78, 5) is 51.1. The number of fused-ring (bicyclic) bond motifs is 1. The van der Waals surface area contributed by atoms with Crippen LogP contribution in [0.4, 0.5) is 15.0 Å². The highest BCUT2D eigenvalue weighted by molar-refractivity contribution is 6.99. The van der Waals surface area contributed by atoms with Crippen molar-refractivity contribution in [3.05, 3.63) is 73.1 Å². The van der Waals surface area contributed by atoms with E-state index >= 15 is 4.39 Å². The van der Waals surface area contributed by atoms with Gasteiger partial charge in [0, 0.05) is 26.4 Å². The maximum atomic E-state index is 15.4. The normalized spacial score (nSPS) is 17.7. The fourth-order valence-electron chi connectivity index (χ4n) is 8.79. The molecule has 5 rings (SSSR count). The van der Waals surface area contributed by atoms with Gasteiger partial charge < -0.3 is 28.1 Å². The number of carbonyl (C=O) groups excluding carboxylic acids is 3. The SMILES string of the molecule is C#C[C@]1(CO[Si](c2ccccc2)(c2ccccc2)C(C)(C)C)O[C@@H](n2cnc3c(NC(=O)OC(COCCCCCCCCC)COC(=O)CCCCCCCC)nc(F)nc32)C[C@@H]1OC(C)=O. The average molecular weight is 958 g/mol. The van der Waals surface area contributed by atoms with Crippen molar-refractivity contribution in [3.8, 4) is 12.3 Å². The van der Waals surface area contributed by atoms with E-state index in [0.29, 0.717) is 13.0 Å². The van der Waals surface area contributed by atoms with Crippen molar-refractivity contribution in [1.29, 1.82) is 0 Å². The highest BCUT2D eigenvalue weighted by atomic mass is 28.4. The fraction of sp³-hybridized carbons (Fsp3) is 0.577. The van der Waals surface area contributed by atoms with Crippen LogP contribution >= 0.6 is 0 Å². The van der Waals surface area contributed by atoms with Crippen molar-refractivity contribution in [3.63, 3.8) is 0 Å². The Bertz CT molecular complexity index is 2200. The van der Waals surface area contributed by atoms with E-state index in [1.54, 1.807) is 0 Å². The Labute approximate surface area is 402 Å². The molecule has 4 aromatic rings. The Hall–Kier alpha value is -5.21. The number of aromatic nitrogens is 4. The second kappa shape index (κ2) is 26.5. The molecule has 0 saturated carbocycles. The summed E-state index contributed by atoms with van der Waals surface area (Å²) in [5, 5.41) is 4.13. The van der Waals surface area contributed by atoms with Crippen molar-refractivity contribution < 1.29 is 46.9 Å². The first-order valence-corrected chi connectivity index (χ1v) is 26.4. The van der Waals surface area contributed by atoms with Gasteiger partial charge in [-0.2, -0.15) is 14.4 Å². The Kier molecular flexibility index (Phi) is 21.0. The molecule has 0 spiro atoms. The molecule has 2 aromatic heterocycles. The molecule has 3 heterocycles. The first-order valence-electron chi connectivity index (χ1n) is 24.5. The highest BCUT2D eigenvalue weighted by Crippen LogP contribution is 2.43. The van der Waals surface area contributed by atoms with Crippen molar-refractivity contribution in [2.45, 2.75) is 167 Å². The summed E-state index contributed by atoms with van der Waals surface area (Å²) in [6.45, 7) is 12.1. The van der Waals surface area contributed by atoms with Gasteiger partial charge in [0.15, 0.2) is 28.7 Å². The Balaban J connectivity index is 1.33. The smallest absolute Gasteiger partial charge is 0.413 e. The zero-order chi connectivity index (χ0) is 49.0. The van der Waals surface area contributed by atoms with E-state index in [-0.39, 0.29) is 55.6 Å².